The molecule has 0 atom stereocenters. The number of hydrogen-bond acceptors (Lipinski definition) is 3. The van der Waals surface area contributed by atoms with E-state index in [4.69, 9.17) is 0 Å². The SMILES string of the molecule is O=c1[nH]cc2ccc3ncnc4ccc1c2c34. The number of nitrogens with one attached hydrogen (secondary N) is 1. The highest BCUT2D eigenvalue weighted by Gasteiger charge is 2.10. The Hall–Kier alpha value is -2.49. The first-order valence-electron chi connectivity index (χ1n) is 5.32. The van der Waals surface area contributed by atoms with Crippen LogP contribution in [0.4, 0.5) is 0 Å². The summed E-state index contributed by atoms with van der Waals surface area (Å²) >= 11 is 0. The van der Waals surface area contributed by atoms with Gasteiger partial charge in [-0.05, 0) is 23.6 Å². The molecule has 0 fully saturated rings. The minimum Gasteiger partial charge on any atom is -0.328 e. The van der Waals surface area contributed by atoms with Gasteiger partial charge in [0.2, 0.25) is 0 Å². The summed E-state index contributed by atoms with van der Waals surface area (Å²) in [5.41, 5.74) is 1.67. The predicted molar refractivity (Wildman–Crippen MR) is 66.4 cm³/mol. The number of aromatic amines is 1. The van der Waals surface area contributed by atoms with E-state index in [-0.39, 0.29) is 5.56 Å². The third-order valence-corrected chi connectivity index (χ3v) is 3.15. The maximum Gasteiger partial charge on any atom is 0.255 e. The van der Waals surface area contributed by atoms with Gasteiger partial charge in [0.25, 0.3) is 5.56 Å². The summed E-state index contributed by atoms with van der Waals surface area (Å²) < 4.78 is 0. The van der Waals surface area contributed by atoms with Gasteiger partial charge in [0.1, 0.15) is 6.33 Å². The lowest BCUT2D eigenvalue weighted by Gasteiger charge is -2.07. The largest absolute Gasteiger partial charge is 0.328 e. The quantitative estimate of drug-likeness (QED) is 0.462. The Balaban J connectivity index is 2.53. The fourth-order valence-corrected chi connectivity index (χ4v) is 2.39. The number of aromatic nitrogens is 3. The number of pyridine rings is 1. The molecule has 4 rings (SSSR count). The molecule has 80 valence electrons. The lowest BCUT2D eigenvalue weighted by molar-refractivity contribution is 1.26. The molecule has 2 aromatic carbocycles. The van der Waals surface area contributed by atoms with E-state index in [9.17, 15) is 4.79 Å². The van der Waals surface area contributed by atoms with Crippen molar-refractivity contribution in [2.45, 2.75) is 0 Å². The van der Waals surface area contributed by atoms with Gasteiger partial charge in [-0.15, -0.1) is 0 Å². The van der Waals surface area contributed by atoms with Crippen LogP contribution >= 0.6 is 0 Å². The van der Waals surface area contributed by atoms with E-state index in [1.807, 2.05) is 24.3 Å². The van der Waals surface area contributed by atoms with Crippen LogP contribution in [0.5, 0.6) is 0 Å². The van der Waals surface area contributed by atoms with Crippen molar-refractivity contribution in [2.24, 2.45) is 0 Å². The Labute approximate surface area is 95.3 Å². The van der Waals surface area contributed by atoms with Gasteiger partial charge in [0.15, 0.2) is 0 Å². The van der Waals surface area contributed by atoms with Crippen molar-refractivity contribution in [2.75, 3.05) is 0 Å². The van der Waals surface area contributed by atoms with Crippen molar-refractivity contribution in [1.82, 2.24) is 15.0 Å². The van der Waals surface area contributed by atoms with Crippen LogP contribution in [0, 0.1) is 0 Å². The summed E-state index contributed by atoms with van der Waals surface area (Å²) in [6.07, 6.45) is 3.28. The Kier molecular flexibility index (Phi) is 1.42. The summed E-state index contributed by atoms with van der Waals surface area (Å²) in [5.74, 6) is 0. The van der Waals surface area contributed by atoms with Gasteiger partial charge in [-0.3, -0.25) is 4.79 Å². The van der Waals surface area contributed by atoms with Crippen molar-refractivity contribution < 1.29 is 0 Å². The van der Waals surface area contributed by atoms with E-state index in [0.29, 0.717) is 5.39 Å². The van der Waals surface area contributed by atoms with Gasteiger partial charge in [-0.25, -0.2) is 9.97 Å². The molecule has 0 amide bonds. The minimum atomic E-state index is -0.0734. The third-order valence-electron chi connectivity index (χ3n) is 3.15. The van der Waals surface area contributed by atoms with Crippen molar-refractivity contribution in [3.05, 3.63) is 47.1 Å². The minimum absolute atomic E-state index is 0.0734. The number of nitrogens with zero attached hydrogens (tertiary/aromatic N) is 2. The first-order valence-corrected chi connectivity index (χ1v) is 5.32. The number of hydrogen-bond donors (Lipinski definition) is 1. The van der Waals surface area contributed by atoms with E-state index >= 15 is 0 Å². The lowest BCUT2D eigenvalue weighted by atomic mass is 10.0. The molecule has 0 aliphatic carbocycles. The molecule has 0 radical (unpaired) electrons. The van der Waals surface area contributed by atoms with Gasteiger partial charge < -0.3 is 4.98 Å². The molecule has 2 aromatic heterocycles. The highest BCUT2D eigenvalue weighted by atomic mass is 16.1. The van der Waals surface area contributed by atoms with Gasteiger partial charge in [0, 0.05) is 22.4 Å². The van der Waals surface area contributed by atoms with Gasteiger partial charge >= 0.3 is 0 Å². The topological polar surface area (TPSA) is 58.6 Å². The zero-order valence-electron chi connectivity index (χ0n) is 8.77. The fraction of sp³-hybridized carbons (Fsp3) is 0. The Morgan fingerprint density at radius 1 is 0.941 bits per heavy atom. The van der Waals surface area contributed by atoms with Crippen LogP contribution in [0.15, 0.2) is 41.6 Å². The molecule has 0 saturated carbocycles. The van der Waals surface area contributed by atoms with Crippen LogP contribution in [0.3, 0.4) is 0 Å². The van der Waals surface area contributed by atoms with Gasteiger partial charge in [-0.2, -0.15) is 0 Å². The highest BCUT2D eigenvalue weighted by Crippen LogP contribution is 2.29. The molecule has 0 aliphatic heterocycles. The second kappa shape index (κ2) is 2.79. The van der Waals surface area contributed by atoms with Gasteiger partial charge in [0.05, 0.1) is 11.0 Å². The van der Waals surface area contributed by atoms with Crippen molar-refractivity contribution in [3.63, 3.8) is 0 Å². The summed E-state index contributed by atoms with van der Waals surface area (Å²) in [6, 6.07) is 7.59. The molecule has 0 aliphatic rings. The van der Waals surface area contributed by atoms with Crippen LogP contribution in [-0.2, 0) is 0 Å². The maximum atomic E-state index is 11.8. The molecule has 0 spiro atoms. The first-order chi connectivity index (χ1) is 8.34. The van der Waals surface area contributed by atoms with Crippen molar-refractivity contribution in [1.29, 1.82) is 0 Å². The van der Waals surface area contributed by atoms with E-state index in [2.05, 4.69) is 15.0 Å². The van der Waals surface area contributed by atoms with Crippen LogP contribution < -0.4 is 5.56 Å². The second-order valence-electron chi connectivity index (χ2n) is 4.05. The molecule has 17 heavy (non-hydrogen) atoms. The standard InChI is InChI=1S/C13H7N3O/c17-13-8-2-4-10-12-9(15-6-16-10)3-1-7(5-14-13)11(8)12/h1-6H,(H,14,17). The zero-order valence-corrected chi connectivity index (χ0v) is 8.77. The lowest BCUT2D eigenvalue weighted by Crippen LogP contribution is -2.05. The summed E-state index contributed by atoms with van der Waals surface area (Å²) in [5, 5.41) is 3.61. The average molecular weight is 221 g/mol. The molecule has 2 heterocycles. The molecular weight excluding hydrogens is 214 g/mol. The molecular formula is C13H7N3O. The Morgan fingerprint density at radius 2 is 1.71 bits per heavy atom. The highest BCUT2D eigenvalue weighted by molar-refractivity contribution is 6.20. The second-order valence-corrected chi connectivity index (χ2v) is 4.05. The number of H-pyrrole nitrogens is 1. The molecule has 1 N–H and O–H groups in total. The zero-order chi connectivity index (χ0) is 11.4. The molecule has 0 bridgehead atoms. The molecule has 4 nitrogen and oxygen atoms in total. The Morgan fingerprint density at radius 3 is 2.53 bits per heavy atom. The molecule has 4 heteroatoms. The van der Waals surface area contributed by atoms with Crippen molar-refractivity contribution in [3.8, 4) is 0 Å². The number of rotatable bonds is 0. The van der Waals surface area contributed by atoms with Crippen LogP contribution in [0.2, 0.25) is 0 Å². The van der Waals surface area contributed by atoms with E-state index in [0.717, 1.165) is 27.2 Å². The summed E-state index contributed by atoms with van der Waals surface area (Å²) in [6.45, 7) is 0. The molecule has 0 saturated heterocycles. The van der Waals surface area contributed by atoms with Crippen LogP contribution in [-0.4, -0.2) is 15.0 Å². The first kappa shape index (κ1) is 8.64. The number of benzene rings is 2. The molecule has 0 unspecified atom stereocenters. The predicted octanol–water partition coefficient (Wildman–Crippen LogP) is 2.06. The van der Waals surface area contributed by atoms with Crippen LogP contribution in [0.25, 0.3) is 32.6 Å². The smallest absolute Gasteiger partial charge is 0.255 e. The molecule has 4 aromatic rings. The van der Waals surface area contributed by atoms with E-state index in [1.54, 1.807) is 12.5 Å². The summed E-state index contributed by atoms with van der Waals surface area (Å²) in [4.78, 5) is 23.0. The normalized spacial score (nSPS) is 11.8. The average Bonchev–Trinajstić information content (AvgIpc) is 2.38. The maximum absolute atomic E-state index is 11.8. The van der Waals surface area contributed by atoms with Gasteiger partial charge in [-0.1, -0.05) is 6.07 Å². The monoisotopic (exact) mass is 221 g/mol. The van der Waals surface area contributed by atoms with Crippen LogP contribution in [0.1, 0.15) is 0 Å². The van der Waals surface area contributed by atoms with E-state index in [1.165, 1.54) is 0 Å². The Bertz CT molecular complexity index is 895. The van der Waals surface area contributed by atoms with Crippen molar-refractivity contribution >= 4 is 32.6 Å². The van der Waals surface area contributed by atoms with E-state index < -0.39 is 0 Å². The summed E-state index contributed by atoms with van der Waals surface area (Å²) in [7, 11) is 0. The third kappa shape index (κ3) is 0.990. The fourth-order valence-electron chi connectivity index (χ4n) is 2.39.